The van der Waals surface area contributed by atoms with Gasteiger partial charge >= 0.3 is 0 Å². The molecule has 1 heterocycles. The van der Waals surface area contributed by atoms with Crippen molar-refractivity contribution in [2.45, 2.75) is 17.3 Å². The molecule has 0 fully saturated rings. The van der Waals surface area contributed by atoms with Crippen molar-refractivity contribution in [3.63, 3.8) is 0 Å². The molecular formula is C26H19BrN4O. The Morgan fingerprint density at radius 2 is 1.69 bits per heavy atom. The van der Waals surface area contributed by atoms with Crippen LogP contribution in [0.1, 0.15) is 38.6 Å². The lowest BCUT2D eigenvalue weighted by atomic mass is 9.90. The third kappa shape index (κ3) is 4.42. The van der Waals surface area contributed by atoms with Gasteiger partial charge in [0.05, 0.1) is 34.0 Å². The van der Waals surface area contributed by atoms with Crippen molar-refractivity contribution in [1.29, 1.82) is 10.5 Å². The van der Waals surface area contributed by atoms with Crippen LogP contribution in [0.2, 0.25) is 0 Å². The molecule has 2 N–H and O–H groups in total. The normalized spacial score (nSPS) is 12.5. The molecule has 0 aliphatic heterocycles. The number of alkyl halides is 1. The minimum absolute atomic E-state index is 0.152. The maximum Gasteiger partial charge on any atom is 0.229 e. The first-order chi connectivity index (χ1) is 15.6. The fourth-order valence-corrected chi connectivity index (χ4v) is 4.61. The van der Waals surface area contributed by atoms with E-state index in [1.165, 1.54) is 0 Å². The van der Waals surface area contributed by atoms with Crippen molar-refractivity contribution in [1.82, 2.24) is 10.3 Å². The number of aromatic nitrogens is 1. The number of hydrogen-bond acceptors (Lipinski definition) is 3. The van der Waals surface area contributed by atoms with Gasteiger partial charge in [-0.2, -0.15) is 10.5 Å². The summed E-state index contributed by atoms with van der Waals surface area (Å²) in [5.41, 5.74) is 4.62. The van der Waals surface area contributed by atoms with Gasteiger partial charge in [0.1, 0.15) is 0 Å². The standard InChI is InChI=1S/C26H19BrN4O/c27-25(20-8-4-6-18(12-20)14-29)24(22-16-30-23-10-2-1-9-21(22)23)26(32)31-15-19-7-3-5-17(11-19)13-28/h1-12,16,24-25,30H,15H2,(H,31,32). The average Bonchev–Trinajstić information content (AvgIpc) is 3.26. The number of nitriles is 2. The second kappa shape index (κ2) is 9.51. The van der Waals surface area contributed by atoms with Crippen LogP contribution >= 0.6 is 15.9 Å². The summed E-state index contributed by atoms with van der Waals surface area (Å²) < 4.78 is 0. The van der Waals surface area contributed by atoms with Crippen LogP contribution in [0, 0.1) is 22.7 Å². The van der Waals surface area contributed by atoms with Crippen molar-refractivity contribution in [2.75, 3.05) is 0 Å². The number of amides is 1. The summed E-state index contributed by atoms with van der Waals surface area (Å²) in [6.45, 7) is 0.311. The summed E-state index contributed by atoms with van der Waals surface area (Å²) >= 11 is 3.75. The Bertz CT molecular complexity index is 1360. The number of halogens is 1. The SMILES string of the molecule is N#Cc1cccc(CNC(=O)C(c2c[nH]c3ccccc23)C(Br)c2cccc(C#N)c2)c1. The molecule has 1 amide bonds. The zero-order valence-corrected chi connectivity index (χ0v) is 18.6. The maximum absolute atomic E-state index is 13.5. The van der Waals surface area contributed by atoms with Crippen LogP contribution in [0.3, 0.4) is 0 Å². The smallest absolute Gasteiger partial charge is 0.229 e. The Hall–Kier alpha value is -3.87. The molecule has 0 aliphatic rings. The number of para-hydroxylation sites is 1. The topological polar surface area (TPSA) is 92.5 Å². The van der Waals surface area contributed by atoms with Gasteiger partial charge in [-0.3, -0.25) is 4.79 Å². The molecule has 0 bridgehead atoms. The van der Waals surface area contributed by atoms with E-state index < -0.39 is 5.92 Å². The minimum Gasteiger partial charge on any atom is -0.361 e. The van der Waals surface area contributed by atoms with Crippen LogP contribution < -0.4 is 5.32 Å². The van der Waals surface area contributed by atoms with Crippen molar-refractivity contribution in [2.24, 2.45) is 0 Å². The van der Waals surface area contributed by atoms with E-state index in [1.807, 2.05) is 48.7 Å². The number of benzene rings is 3. The molecule has 32 heavy (non-hydrogen) atoms. The lowest BCUT2D eigenvalue weighted by Crippen LogP contribution is -2.31. The van der Waals surface area contributed by atoms with E-state index in [1.54, 1.807) is 30.3 Å². The lowest BCUT2D eigenvalue weighted by Gasteiger charge is -2.23. The average molecular weight is 483 g/mol. The summed E-state index contributed by atoms with van der Waals surface area (Å²) in [6.07, 6.45) is 1.87. The molecule has 1 aromatic heterocycles. The zero-order chi connectivity index (χ0) is 22.5. The Balaban J connectivity index is 1.69. The molecule has 2 unspecified atom stereocenters. The van der Waals surface area contributed by atoms with Gasteiger partial charge in [0.15, 0.2) is 0 Å². The second-order valence-electron chi connectivity index (χ2n) is 7.44. The number of fused-ring (bicyclic) bond motifs is 1. The first-order valence-electron chi connectivity index (χ1n) is 10.1. The minimum atomic E-state index is -0.542. The van der Waals surface area contributed by atoms with Gasteiger partial charge in [0, 0.05) is 23.6 Å². The Morgan fingerprint density at radius 1 is 0.969 bits per heavy atom. The zero-order valence-electron chi connectivity index (χ0n) is 17.0. The third-order valence-corrected chi connectivity index (χ3v) is 6.45. The second-order valence-corrected chi connectivity index (χ2v) is 8.42. The molecule has 4 aromatic rings. The number of carbonyl (C=O) groups is 1. The van der Waals surface area contributed by atoms with Gasteiger partial charge in [0.25, 0.3) is 0 Å². The van der Waals surface area contributed by atoms with Crippen LogP contribution in [0.25, 0.3) is 10.9 Å². The molecule has 4 rings (SSSR count). The van der Waals surface area contributed by atoms with Gasteiger partial charge < -0.3 is 10.3 Å². The highest BCUT2D eigenvalue weighted by atomic mass is 79.9. The number of hydrogen-bond donors (Lipinski definition) is 2. The highest BCUT2D eigenvalue weighted by Crippen LogP contribution is 2.41. The molecule has 0 radical (unpaired) electrons. The first-order valence-corrected chi connectivity index (χ1v) is 11.0. The van der Waals surface area contributed by atoms with Gasteiger partial charge in [-0.1, -0.05) is 58.4 Å². The van der Waals surface area contributed by atoms with Crippen LogP contribution in [-0.2, 0) is 11.3 Å². The Kier molecular flexibility index (Phi) is 6.35. The number of aromatic amines is 1. The van der Waals surface area contributed by atoms with E-state index in [2.05, 4.69) is 38.4 Å². The van der Waals surface area contributed by atoms with E-state index in [0.29, 0.717) is 17.7 Å². The van der Waals surface area contributed by atoms with Gasteiger partial charge in [0.2, 0.25) is 5.91 Å². The van der Waals surface area contributed by atoms with E-state index in [4.69, 9.17) is 5.26 Å². The molecule has 0 saturated heterocycles. The van der Waals surface area contributed by atoms with Crippen LogP contribution in [0.15, 0.2) is 79.0 Å². The third-order valence-electron chi connectivity index (χ3n) is 5.39. The predicted octanol–water partition coefficient (Wildman–Crippen LogP) is 5.45. The number of rotatable bonds is 6. The molecule has 0 saturated carbocycles. The van der Waals surface area contributed by atoms with Crippen molar-refractivity contribution in [3.8, 4) is 12.1 Å². The summed E-state index contributed by atoms with van der Waals surface area (Å²) in [5.74, 6) is -0.694. The molecule has 5 nitrogen and oxygen atoms in total. The van der Waals surface area contributed by atoms with E-state index in [9.17, 15) is 10.1 Å². The largest absolute Gasteiger partial charge is 0.361 e. The molecule has 156 valence electrons. The van der Waals surface area contributed by atoms with E-state index in [0.717, 1.165) is 27.6 Å². The molecule has 2 atom stereocenters. The number of nitrogens with zero attached hydrogens (tertiary/aromatic N) is 2. The summed E-state index contributed by atoms with van der Waals surface area (Å²) in [6, 6.07) is 26.6. The maximum atomic E-state index is 13.5. The number of nitrogens with one attached hydrogen (secondary N) is 2. The Morgan fingerprint density at radius 3 is 2.47 bits per heavy atom. The van der Waals surface area contributed by atoms with Gasteiger partial charge in [-0.25, -0.2) is 0 Å². The van der Waals surface area contributed by atoms with Crippen molar-refractivity contribution < 1.29 is 4.79 Å². The number of carbonyl (C=O) groups excluding carboxylic acids is 1. The molecule has 0 aliphatic carbocycles. The predicted molar refractivity (Wildman–Crippen MR) is 127 cm³/mol. The monoisotopic (exact) mass is 482 g/mol. The van der Waals surface area contributed by atoms with Gasteiger partial charge in [-0.15, -0.1) is 0 Å². The fourth-order valence-electron chi connectivity index (χ4n) is 3.81. The molecule has 6 heteroatoms. The van der Waals surface area contributed by atoms with E-state index in [-0.39, 0.29) is 10.7 Å². The van der Waals surface area contributed by atoms with E-state index >= 15 is 0 Å². The van der Waals surface area contributed by atoms with Crippen LogP contribution in [0.5, 0.6) is 0 Å². The number of H-pyrrole nitrogens is 1. The first kappa shape index (κ1) is 21.4. The van der Waals surface area contributed by atoms with Crippen molar-refractivity contribution in [3.05, 3.63) is 107 Å². The summed E-state index contributed by atoms with van der Waals surface area (Å²) in [5, 5.41) is 22.4. The van der Waals surface area contributed by atoms with Crippen LogP contribution in [0.4, 0.5) is 0 Å². The Labute approximate surface area is 194 Å². The fraction of sp³-hybridized carbons (Fsp3) is 0.115. The molecule has 0 spiro atoms. The summed E-state index contributed by atoms with van der Waals surface area (Å²) in [4.78, 5) is 16.4. The molecular weight excluding hydrogens is 464 g/mol. The molecule has 3 aromatic carbocycles. The highest BCUT2D eigenvalue weighted by molar-refractivity contribution is 9.09. The van der Waals surface area contributed by atoms with Crippen LogP contribution in [-0.4, -0.2) is 10.9 Å². The lowest BCUT2D eigenvalue weighted by molar-refractivity contribution is -0.122. The van der Waals surface area contributed by atoms with Gasteiger partial charge in [-0.05, 0) is 47.0 Å². The van der Waals surface area contributed by atoms with Crippen molar-refractivity contribution >= 4 is 32.7 Å². The highest BCUT2D eigenvalue weighted by Gasteiger charge is 2.31. The summed E-state index contributed by atoms with van der Waals surface area (Å²) in [7, 11) is 0. The quantitative estimate of drug-likeness (QED) is 0.358.